The first kappa shape index (κ1) is 32.3. The van der Waals surface area contributed by atoms with Gasteiger partial charge in [0.15, 0.2) is 0 Å². The second kappa shape index (κ2) is 22.0. The molecule has 1 aromatic rings. The summed E-state index contributed by atoms with van der Waals surface area (Å²) in [7, 11) is 2.11. The summed E-state index contributed by atoms with van der Waals surface area (Å²) in [6.07, 6.45) is 21.8. The van der Waals surface area contributed by atoms with Crippen molar-refractivity contribution >= 4 is 12.3 Å². The summed E-state index contributed by atoms with van der Waals surface area (Å²) in [6.45, 7) is 5.61. The van der Waals surface area contributed by atoms with E-state index in [0.717, 1.165) is 69.7 Å². The Labute approximate surface area is 232 Å². The van der Waals surface area contributed by atoms with Crippen LogP contribution < -0.4 is 5.32 Å². The van der Waals surface area contributed by atoms with E-state index in [4.69, 9.17) is 4.74 Å². The minimum Gasteiger partial charge on any atom is -0.377 e. The average molecular weight is 530 g/mol. The van der Waals surface area contributed by atoms with E-state index >= 15 is 0 Å². The molecule has 6 heteroatoms. The molecule has 2 amide bonds. The maximum absolute atomic E-state index is 13.0. The Kier molecular flexibility index (Phi) is 18.7. The number of unbranched alkanes of at least 4 members (excludes halogenated alkanes) is 15. The molecular weight excluding hydrogens is 474 g/mol. The fraction of sp³-hybridized carbons (Fsp3) is 0.750. The van der Waals surface area contributed by atoms with Crippen molar-refractivity contribution in [3.05, 3.63) is 35.4 Å². The third-order valence-electron chi connectivity index (χ3n) is 7.74. The van der Waals surface area contributed by atoms with E-state index in [1.165, 1.54) is 89.9 Å². The van der Waals surface area contributed by atoms with Crippen LogP contribution in [0.25, 0.3) is 0 Å². The first-order valence-corrected chi connectivity index (χ1v) is 15.5. The van der Waals surface area contributed by atoms with Crippen LogP contribution in [0.15, 0.2) is 24.3 Å². The summed E-state index contributed by atoms with van der Waals surface area (Å²) in [5.41, 5.74) is 1.81. The number of nitrogens with one attached hydrogen (secondary N) is 1. The van der Waals surface area contributed by atoms with E-state index in [0.29, 0.717) is 6.61 Å². The van der Waals surface area contributed by atoms with Crippen molar-refractivity contribution in [3.63, 3.8) is 0 Å². The quantitative estimate of drug-likeness (QED) is 0.128. The smallest absolute Gasteiger partial charge is 0.254 e. The Bertz CT molecular complexity index is 734. The molecule has 0 radical (unpaired) electrons. The van der Waals surface area contributed by atoms with Crippen molar-refractivity contribution in [1.82, 2.24) is 15.1 Å². The van der Waals surface area contributed by atoms with Crippen LogP contribution in [0.2, 0.25) is 0 Å². The molecule has 38 heavy (non-hydrogen) atoms. The summed E-state index contributed by atoms with van der Waals surface area (Å²) in [5, 5.41) is 2.73. The van der Waals surface area contributed by atoms with Crippen LogP contribution in [0.1, 0.15) is 119 Å². The lowest BCUT2D eigenvalue weighted by molar-refractivity contribution is -0.109. The largest absolute Gasteiger partial charge is 0.377 e. The molecule has 1 aromatic carbocycles. The summed E-state index contributed by atoms with van der Waals surface area (Å²) in [5.74, 6) is 0.144. The lowest BCUT2D eigenvalue weighted by Gasteiger charge is -2.32. The zero-order valence-corrected chi connectivity index (χ0v) is 24.3. The van der Waals surface area contributed by atoms with Gasteiger partial charge < -0.3 is 19.9 Å². The van der Waals surface area contributed by atoms with Gasteiger partial charge in [0.2, 0.25) is 6.41 Å². The minimum absolute atomic E-state index is 0.144. The molecule has 6 nitrogen and oxygen atoms in total. The molecule has 1 aliphatic heterocycles. The van der Waals surface area contributed by atoms with Crippen molar-refractivity contribution in [2.45, 2.75) is 109 Å². The standard InChI is InChI=1S/C32H55N3O3/c1-34-23-25-35(26-24-34)32(37)31-21-17-16-20-30(31)28-38-27-19-15-13-11-9-7-5-3-2-4-6-8-10-12-14-18-22-33-29-36/h16-17,20-21,29H,2-15,18-19,22-28H2,1H3,(H,33,36). The van der Waals surface area contributed by atoms with Crippen LogP contribution in [0.4, 0.5) is 0 Å². The highest BCUT2D eigenvalue weighted by atomic mass is 16.5. The molecule has 0 atom stereocenters. The maximum atomic E-state index is 13.0. The summed E-state index contributed by atoms with van der Waals surface area (Å²) < 4.78 is 5.96. The molecule has 0 saturated carbocycles. The molecule has 0 spiro atoms. The first-order valence-electron chi connectivity index (χ1n) is 15.5. The number of amides is 2. The molecule has 1 aliphatic rings. The molecule has 1 N–H and O–H groups in total. The van der Waals surface area contributed by atoms with Crippen LogP contribution in [0.5, 0.6) is 0 Å². The molecule has 2 rings (SSSR count). The van der Waals surface area contributed by atoms with Crippen LogP contribution in [0, 0.1) is 0 Å². The molecule has 1 fully saturated rings. The monoisotopic (exact) mass is 529 g/mol. The van der Waals surface area contributed by atoms with Gasteiger partial charge in [0.1, 0.15) is 0 Å². The molecular formula is C32H55N3O3. The Hall–Kier alpha value is -1.92. The fourth-order valence-corrected chi connectivity index (χ4v) is 5.18. The molecule has 216 valence electrons. The zero-order chi connectivity index (χ0) is 27.1. The minimum atomic E-state index is 0.144. The van der Waals surface area contributed by atoms with Crippen LogP contribution in [-0.4, -0.2) is 68.5 Å². The van der Waals surface area contributed by atoms with Crippen molar-refractivity contribution < 1.29 is 14.3 Å². The second-order valence-corrected chi connectivity index (χ2v) is 11.0. The van der Waals surface area contributed by atoms with Gasteiger partial charge in [-0.3, -0.25) is 9.59 Å². The van der Waals surface area contributed by atoms with Crippen molar-refractivity contribution in [2.24, 2.45) is 0 Å². The van der Waals surface area contributed by atoms with Gasteiger partial charge in [-0.05, 0) is 31.5 Å². The third-order valence-corrected chi connectivity index (χ3v) is 7.74. The van der Waals surface area contributed by atoms with Gasteiger partial charge in [-0.1, -0.05) is 108 Å². The SMILES string of the molecule is CN1CCN(C(=O)c2ccccc2COCCCCCCCCCCCCCCCCCCNC=O)CC1. The van der Waals surface area contributed by atoms with E-state index in [2.05, 4.69) is 17.3 Å². The molecule has 1 heterocycles. The highest BCUT2D eigenvalue weighted by Crippen LogP contribution is 2.16. The summed E-state index contributed by atoms with van der Waals surface area (Å²) >= 11 is 0. The lowest BCUT2D eigenvalue weighted by Crippen LogP contribution is -2.47. The maximum Gasteiger partial charge on any atom is 0.254 e. The Balaban J connectivity index is 1.37. The Morgan fingerprint density at radius 1 is 0.763 bits per heavy atom. The normalized spacial score (nSPS) is 14.1. The number of likely N-dealkylation sites (N-methyl/N-ethyl adjacent to an activating group) is 1. The second-order valence-electron chi connectivity index (χ2n) is 11.0. The van der Waals surface area contributed by atoms with Gasteiger partial charge >= 0.3 is 0 Å². The zero-order valence-electron chi connectivity index (χ0n) is 24.3. The topological polar surface area (TPSA) is 61.9 Å². The summed E-state index contributed by atoms with van der Waals surface area (Å²) in [4.78, 5) is 27.4. The van der Waals surface area contributed by atoms with E-state index < -0.39 is 0 Å². The number of rotatable bonds is 23. The fourth-order valence-electron chi connectivity index (χ4n) is 5.18. The molecule has 0 aliphatic carbocycles. The van der Waals surface area contributed by atoms with E-state index in [1.807, 2.05) is 29.2 Å². The molecule has 1 saturated heterocycles. The number of ether oxygens (including phenoxy) is 1. The molecule has 0 bridgehead atoms. The van der Waals surface area contributed by atoms with Crippen molar-refractivity contribution in [1.29, 1.82) is 0 Å². The van der Waals surface area contributed by atoms with E-state index in [-0.39, 0.29) is 5.91 Å². The number of piperazine rings is 1. The van der Waals surface area contributed by atoms with Gasteiger partial charge in [-0.2, -0.15) is 0 Å². The highest BCUT2D eigenvalue weighted by Gasteiger charge is 2.22. The average Bonchev–Trinajstić information content (AvgIpc) is 2.94. The molecule has 0 unspecified atom stereocenters. The molecule has 0 aromatic heterocycles. The van der Waals surface area contributed by atoms with Crippen LogP contribution in [0.3, 0.4) is 0 Å². The van der Waals surface area contributed by atoms with Crippen LogP contribution >= 0.6 is 0 Å². The van der Waals surface area contributed by atoms with Gasteiger partial charge in [0.25, 0.3) is 5.91 Å². The van der Waals surface area contributed by atoms with E-state index in [9.17, 15) is 9.59 Å². The van der Waals surface area contributed by atoms with Gasteiger partial charge in [-0.15, -0.1) is 0 Å². The van der Waals surface area contributed by atoms with Crippen molar-refractivity contribution in [2.75, 3.05) is 46.4 Å². The number of carbonyl (C=O) groups excluding carboxylic acids is 2. The lowest BCUT2D eigenvalue weighted by atomic mass is 10.0. The van der Waals surface area contributed by atoms with Gasteiger partial charge in [0, 0.05) is 44.9 Å². The first-order chi connectivity index (χ1) is 18.7. The van der Waals surface area contributed by atoms with Gasteiger partial charge in [-0.25, -0.2) is 0 Å². The van der Waals surface area contributed by atoms with Crippen molar-refractivity contribution in [3.8, 4) is 0 Å². The number of hydrogen-bond donors (Lipinski definition) is 1. The van der Waals surface area contributed by atoms with Crippen LogP contribution in [-0.2, 0) is 16.1 Å². The predicted octanol–water partition coefficient (Wildman–Crippen LogP) is 6.58. The predicted molar refractivity (Wildman–Crippen MR) is 157 cm³/mol. The number of benzene rings is 1. The Morgan fingerprint density at radius 2 is 1.26 bits per heavy atom. The Morgan fingerprint density at radius 3 is 1.82 bits per heavy atom. The number of carbonyl (C=O) groups is 2. The highest BCUT2D eigenvalue weighted by molar-refractivity contribution is 5.95. The van der Waals surface area contributed by atoms with Gasteiger partial charge in [0.05, 0.1) is 6.61 Å². The number of hydrogen-bond acceptors (Lipinski definition) is 4. The number of nitrogens with zero attached hydrogens (tertiary/aromatic N) is 2. The summed E-state index contributed by atoms with van der Waals surface area (Å²) in [6, 6.07) is 7.93. The third kappa shape index (κ3) is 14.9. The van der Waals surface area contributed by atoms with E-state index in [1.54, 1.807) is 0 Å².